The molecule has 0 aliphatic carbocycles. The molecule has 0 bridgehead atoms. The molecule has 2 N–H and O–H groups in total. The van der Waals surface area contributed by atoms with Gasteiger partial charge in [0.2, 0.25) is 0 Å². The average molecular weight is 319 g/mol. The zero-order chi connectivity index (χ0) is 16.8. The summed E-state index contributed by atoms with van der Waals surface area (Å²) in [5, 5.41) is 18.0. The minimum absolute atomic E-state index is 0.181. The van der Waals surface area contributed by atoms with Gasteiger partial charge in [0.1, 0.15) is 11.5 Å². The van der Waals surface area contributed by atoms with E-state index in [9.17, 15) is 5.11 Å². The molecule has 23 heavy (non-hydrogen) atoms. The summed E-state index contributed by atoms with van der Waals surface area (Å²) >= 11 is 0. The summed E-state index contributed by atoms with van der Waals surface area (Å²) in [5.41, 5.74) is 1.85. The van der Waals surface area contributed by atoms with Crippen molar-refractivity contribution < 1.29 is 14.6 Å². The van der Waals surface area contributed by atoms with Crippen molar-refractivity contribution in [2.45, 2.75) is 32.5 Å². The highest BCUT2D eigenvalue weighted by Crippen LogP contribution is 2.29. The van der Waals surface area contributed by atoms with E-state index in [4.69, 9.17) is 9.47 Å². The van der Waals surface area contributed by atoms with Gasteiger partial charge in [-0.2, -0.15) is 5.10 Å². The van der Waals surface area contributed by atoms with Crippen LogP contribution in [0, 0.1) is 6.92 Å². The summed E-state index contributed by atoms with van der Waals surface area (Å²) < 4.78 is 12.4. The molecule has 0 saturated heterocycles. The van der Waals surface area contributed by atoms with Crippen molar-refractivity contribution >= 4 is 0 Å². The third-order valence-corrected chi connectivity index (χ3v) is 3.68. The molecule has 2 atom stereocenters. The average Bonchev–Trinajstić information content (AvgIpc) is 2.96. The summed E-state index contributed by atoms with van der Waals surface area (Å²) in [4.78, 5) is 0. The second kappa shape index (κ2) is 7.99. The Bertz CT molecular complexity index is 627. The highest BCUT2D eigenvalue weighted by Gasteiger charge is 2.15. The molecule has 2 aromatic rings. The summed E-state index contributed by atoms with van der Waals surface area (Å²) in [6, 6.07) is 5.59. The van der Waals surface area contributed by atoms with Gasteiger partial charge >= 0.3 is 0 Å². The molecular formula is C17H25N3O3. The molecule has 0 aliphatic heterocycles. The van der Waals surface area contributed by atoms with Gasteiger partial charge in [0.05, 0.1) is 33.1 Å². The van der Waals surface area contributed by atoms with Crippen molar-refractivity contribution in [2.75, 3.05) is 20.8 Å². The number of hydrogen-bond donors (Lipinski definition) is 2. The number of nitrogens with one attached hydrogen (secondary N) is 1. The molecule has 126 valence electrons. The van der Waals surface area contributed by atoms with Crippen molar-refractivity contribution in [1.29, 1.82) is 0 Å². The Hall–Kier alpha value is -2.05. The smallest absolute Gasteiger partial charge is 0.124 e. The van der Waals surface area contributed by atoms with E-state index in [1.54, 1.807) is 26.4 Å². The van der Waals surface area contributed by atoms with Crippen LogP contribution in [0.2, 0.25) is 0 Å². The fourth-order valence-corrected chi connectivity index (χ4v) is 2.43. The fraction of sp³-hybridized carbons (Fsp3) is 0.471. The van der Waals surface area contributed by atoms with E-state index < -0.39 is 6.10 Å². The molecule has 0 fully saturated rings. The number of nitrogens with zero attached hydrogens (tertiary/aromatic N) is 2. The minimum atomic E-state index is -0.679. The first-order chi connectivity index (χ1) is 11.0. The molecule has 1 aromatic heterocycles. The van der Waals surface area contributed by atoms with E-state index in [1.807, 2.05) is 30.1 Å². The van der Waals surface area contributed by atoms with Crippen molar-refractivity contribution in [1.82, 2.24) is 15.1 Å². The van der Waals surface area contributed by atoms with E-state index in [0.717, 1.165) is 12.1 Å². The molecule has 0 radical (unpaired) electrons. The van der Waals surface area contributed by atoms with E-state index in [1.165, 1.54) is 0 Å². The maximum Gasteiger partial charge on any atom is 0.124 e. The first-order valence-electron chi connectivity index (χ1n) is 7.66. The van der Waals surface area contributed by atoms with Crippen molar-refractivity contribution in [2.24, 2.45) is 0 Å². The summed E-state index contributed by atoms with van der Waals surface area (Å²) in [7, 11) is 3.19. The number of ether oxygens (including phenoxy) is 2. The van der Waals surface area contributed by atoms with Gasteiger partial charge in [0.15, 0.2) is 0 Å². The number of aliphatic hydroxyl groups is 1. The lowest BCUT2D eigenvalue weighted by Crippen LogP contribution is -2.34. The summed E-state index contributed by atoms with van der Waals surface area (Å²) in [6.45, 7) is 5.24. The molecule has 0 spiro atoms. The number of benzene rings is 1. The maximum absolute atomic E-state index is 10.5. The first kappa shape index (κ1) is 17.3. The van der Waals surface area contributed by atoms with E-state index in [2.05, 4.69) is 17.3 Å². The summed E-state index contributed by atoms with van der Waals surface area (Å²) in [5.74, 6) is 1.34. The number of methoxy groups -OCH3 is 2. The molecule has 1 aromatic carbocycles. The van der Waals surface area contributed by atoms with Gasteiger partial charge in [-0.05, 0) is 37.6 Å². The lowest BCUT2D eigenvalue weighted by atomic mass is 10.1. The molecule has 0 unspecified atom stereocenters. The van der Waals surface area contributed by atoms with Crippen LogP contribution in [-0.2, 0) is 6.54 Å². The highest BCUT2D eigenvalue weighted by atomic mass is 16.5. The highest BCUT2D eigenvalue weighted by molar-refractivity contribution is 5.41. The fourth-order valence-electron chi connectivity index (χ4n) is 2.43. The van der Waals surface area contributed by atoms with Crippen LogP contribution in [0.5, 0.6) is 11.5 Å². The molecule has 6 nitrogen and oxygen atoms in total. The Balaban J connectivity index is 1.94. The van der Waals surface area contributed by atoms with Crippen LogP contribution in [0.1, 0.15) is 24.2 Å². The number of aromatic nitrogens is 2. The van der Waals surface area contributed by atoms with Gasteiger partial charge in [-0.25, -0.2) is 0 Å². The van der Waals surface area contributed by atoms with Crippen molar-refractivity contribution in [3.05, 3.63) is 41.7 Å². The van der Waals surface area contributed by atoms with Gasteiger partial charge in [0, 0.05) is 24.3 Å². The Kier molecular flexibility index (Phi) is 6.01. The normalized spacial score (nSPS) is 13.6. The topological polar surface area (TPSA) is 68.5 Å². The number of rotatable bonds is 8. The van der Waals surface area contributed by atoms with Gasteiger partial charge < -0.3 is 19.9 Å². The number of hydrogen-bond acceptors (Lipinski definition) is 5. The van der Waals surface area contributed by atoms with Crippen molar-refractivity contribution in [3.63, 3.8) is 0 Å². The Labute approximate surface area is 137 Å². The molecular weight excluding hydrogens is 294 g/mol. The zero-order valence-corrected chi connectivity index (χ0v) is 14.1. The lowest BCUT2D eigenvalue weighted by Gasteiger charge is -2.19. The molecule has 0 saturated carbocycles. The molecule has 0 aliphatic rings. The zero-order valence-electron chi connectivity index (χ0n) is 14.1. The number of aryl methyl sites for hydroxylation is 1. The number of aliphatic hydroxyl groups excluding tert-OH is 1. The quantitative estimate of drug-likeness (QED) is 0.778. The van der Waals surface area contributed by atoms with Crippen LogP contribution < -0.4 is 14.8 Å². The largest absolute Gasteiger partial charge is 0.497 e. The maximum atomic E-state index is 10.5. The van der Waals surface area contributed by atoms with Crippen LogP contribution in [0.3, 0.4) is 0 Å². The first-order valence-corrected chi connectivity index (χ1v) is 7.66. The predicted octanol–water partition coefficient (Wildman–Crippen LogP) is 1.92. The van der Waals surface area contributed by atoms with Crippen molar-refractivity contribution in [3.8, 4) is 11.5 Å². The second-order valence-electron chi connectivity index (χ2n) is 5.67. The van der Waals surface area contributed by atoms with Gasteiger partial charge in [-0.3, -0.25) is 4.68 Å². The molecule has 1 heterocycles. The van der Waals surface area contributed by atoms with Gasteiger partial charge in [-0.1, -0.05) is 0 Å². The summed E-state index contributed by atoms with van der Waals surface area (Å²) in [6.07, 6.45) is 3.16. The Morgan fingerprint density at radius 1 is 1.30 bits per heavy atom. The third kappa shape index (κ3) is 4.71. The van der Waals surface area contributed by atoms with Crippen LogP contribution in [0.15, 0.2) is 30.6 Å². The van der Waals surface area contributed by atoms with E-state index in [0.29, 0.717) is 23.6 Å². The van der Waals surface area contributed by atoms with Crippen LogP contribution in [-0.4, -0.2) is 41.7 Å². The van der Waals surface area contributed by atoms with Gasteiger partial charge in [0.25, 0.3) is 0 Å². The second-order valence-corrected chi connectivity index (χ2v) is 5.67. The Morgan fingerprint density at radius 3 is 2.70 bits per heavy atom. The Morgan fingerprint density at radius 2 is 2.09 bits per heavy atom. The van der Waals surface area contributed by atoms with Crippen LogP contribution >= 0.6 is 0 Å². The molecule has 2 rings (SSSR count). The standard InChI is InChI=1S/C17H25N3O3/c1-12-8-19-20(10-12)11-13(2)18-9-16(21)15-7-14(22-3)5-6-17(15)23-4/h5-8,10,13,16,18,21H,9,11H2,1-4H3/t13-,16-/m0/s1. The molecule has 0 amide bonds. The van der Waals surface area contributed by atoms with Crippen LogP contribution in [0.25, 0.3) is 0 Å². The lowest BCUT2D eigenvalue weighted by molar-refractivity contribution is 0.164. The van der Waals surface area contributed by atoms with Gasteiger partial charge in [-0.15, -0.1) is 0 Å². The predicted molar refractivity (Wildman–Crippen MR) is 88.9 cm³/mol. The molecule has 6 heteroatoms. The van der Waals surface area contributed by atoms with E-state index in [-0.39, 0.29) is 6.04 Å². The van der Waals surface area contributed by atoms with E-state index >= 15 is 0 Å². The monoisotopic (exact) mass is 319 g/mol. The SMILES string of the molecule is COc1ccc(OC)c([C@@H](O)CN[C@@H](C)Cn2cc(C)cn2)c1. The minimum Gasteiger partial charge on any atom is -0.497 e. The third-order valence-electron chi connectivity index (χ3n) is 3.68. The van der Waals surface area contributed by atoms with Crippen LogP contribution in [0.4, 0.5) is 0 Å².